The Kier molecular flexibility index (Phi) is 1.64. The topological polar surface area (TPSA) is 72.7 Å². The molecule has 0 aliphatic rings. The molecule has 0 unspecified atom stereocenters. The lowest BCUT2D eigenvalue weighted by atomic mass is 10.3. The second kappa shape index (κ2) is 2.45. The Morgan fingerprint density at radius 1 is 1.20 bits per heavy atom. The molecule has 10 heavy (non-hydrogen) atoms. The van der Waals surface area contributed by atoms with Crippen LogP contribution < -0.4 is 5.48 Å². The van der Waals surface area contributed by atoms with Crippen LogP contribution in [0.2, 0.25) is 0 Å². The molecule has 4 N–H and O–H groups in total. The summed E-state index contributed by atoms with van der Waals surface area (Å²) in [5.74, 6) is -0.621. The van der Waals surface area contributed by atoms with Crippen molar-refractivity contribution in [2.24, 2.45) is 0 Å². The highest BCUT2D eigenvalue weighted by molar-refractivity contribution is 5.60. The Morgan fingerprint density at radius 2 is 1.90 bits per heavy atom. The van der Waals surface area contributed by atoms with Gasteiger partial charge in [-0.25, -0.2) is 0 Å². The van der Waals surface area contributed by atoms with E-state index in [2.05, 4.69) is 0 Å². The maximum absolute atomic E-state index is 8.93. The summed E-state index contributed by atoms with van der Waals surface area (Å²) in [6.45, 7) is 0. The number of rotatable bonds is 1. The van der Waals surface area contributed by atoms with Crippen molar-refractivity contribution in [3.8, 4) is 11.5 Å². The van der Waals surface area contributed by atoms with Crippen LogP contribution in [0.25, 0.3) is 0 Å². The van der Waals surface area contributed by atoms with Crippen molar-refractivity contribution in [1.29, 1.82) is 0 Å². The number of phenols is 2. The number of anilines is 1. The van der Waals surface area contributed by atoms with Gasteiger partial charge in [-0.05, 0) is 12.1 Å². The largest absolute Gasteiger partial charge is 0.504 e. The van der Waals surface area contributed by atoms with Crippen LogP contribution in [0.15, 0.2) is 18.2 Å². The van der Waals surface area contributed by atoms with E-state index in [-0.39, 0.29) is 17.2 Å². The SMILES string of the molecule is ONc1cccc(O)c1O. The molecule has 0 saturated heterocycles. The lowest BCUT2D eigenvalue weighted by molar-refractivity contribution is 0.371. The molecule has 0 heterocycles. The highest BCUT2D eigenvalue weighted by atomic mass is 16.5. The maximum Gasteiger partial charge on any atom is 0.183 e. The summed E-state index contributed by atoms with van der Waals surface area (Å²) in [5, 5.41) is 26.1. The molecule has 0 bridgehead atoms. The molecule has 1 aromatic rings. The number of nitrogens with one attached hydrogen (secondary N) is 1. The minimum Gasteiger partial charge on any atom is -0.504 e. The number of phenolic OH excluding ortho intramolecular Hbond substituents is 2. The maximum atomic E-state index is 8.93. The quantitative estimate of drug-likeness (QED) is 0.346. The molecule has 0 aliphatic heterocycles. The van der Waals surface area contributed by atoms with Gasteiger partial charge < -0.3 is 10.2 Å². The molecule has 54 valence electrons. The standard InChI is InChI=1S/C6H7NO3/c8-5-3-1-2-4(7-10)6(5)9/h1-3,7-10H. The van der Waals surface area contributed by atoms with Gasteiger partial charge in [0.1, 0.15) is 5.69 Å². The van der Waals surface area contributed by atoms with E-state index >= 15 is 0 Å². The van der Waals surface area contributed by atoms with E-state index < -0.39 is 0 Å². The van der Waals surface area contributed by atoms with Gasteiger partial charge >= 0.3 is 0 Å². The minimum absolute atomic E-state index is 0.0833. The van der Waals surface area contributed by atoms with Gasteiger partial charge in [-0.15, -0.1) is 0 Å². The van der Waals surface area contributed by atoms with Crippen LogP contribution in [0.5, 0.6) is 11.5 Å². The molecule has 0 amide bonds. The molecule has 1 rings (SSSR count). The fourth-order valence-corrected chi connectivity index (χ4v) is 0.622. The van der Waals surface area contributed by atoms with Crippen LogP contribution >= 0.6 is 0 Å². The normalized spacial score (nSPS) is 9.30. The van der Waals surface area contributed by atoms with E-state index in [1.165, 1.54) is 18.2 Å². The van der Waals surface area contributed by atoms with Crippen molar-refractivity contribution >= 4 is 5.69 Å². The summed E-state index contributed by atoms with van der Waals surface area (Å²) in [6, 6.07) is 4.23. The Balaban J connectivity index is 3.14. The molecule has 0 aliphatic carbocycles. The second-order valence-corrected chi connectivity index (χ2v) is 1.79. The van der Waals surface area contributed by atoms with Gasteiger partial charge in [-0.1, -0.05) is 6.07 Å². The van der Waals surface area contributed by atoms with E-state index in [4.69, 9.17) is 15.4 Å². The van der Waals surface area contributed by atoms with Crippen molar-refractivity contribution < 1.29 is 15.4 Å². The number of hydrogen-bond acceptors (Lipinski definition) is 4. The number of para-hydroxylation sites is 1. The molecule has 0 atom stereocenters. The first-order valence-corrected chi connectivity index (χ1v) is 2.66. The van der Waals surface area contributed by atoms with Crippen LogP contribution in [0.4, 0.5) is 5.69 Å². The zero-order valence-corrected chi connectivity index (χ0v) is 5.07. The lowest BCUT2D eigenvalue weighted by Crippen LogP contribution is -1.88. The third-order valence-corrected chi connectivity index (χ3v) is 1.14. The zero-order chi connectivity index (χ0) is 7.56. The van der Waals surface area contributed by atoms with Gasteiger partial charge in [0.25, 0.3) is 0 Å². The first-order valence-electron chi connectivity index (χ1n) is 2.66. The second-order valence-electron chi connectivity index (χ2n) is 1.79. The Morgan fingerprint density at radius 3 is 2.40 bits per heavy atom. The number of aromatic hydroxyl groups is 2. The van der Waals surface area contributed by atoms with Crippen LogP contribution in [-0.4, -0.2) is 15.4 Å². The highest BCUT2D eigenvalue weighted by Gasteiger charge is 2.02. The van der Waals surface area contributed by atoms with Gasteiger partial charge in [0.15, 0.2) is 11.5 Å². The molecule has 4 heteroatoms. The van der Waals surface area contributed by atoms with Crippen molar-refractivity contribution in [3.05, 3.63) is 18.2 Å². The summed E-state index contributed by atoms with van der Waals surface area (Å²) in [7, 11) is 0. The molecule has 4 nitrogen and oxygen atoms in total. The summed E-state index contributed by atoms with van der Waals surface area (Å²) < 4.78 is 0. The molecular weight excluding hydrogens is 134 g/mol. The van der Waals surface area contributed by atoms with Crippen molar-refractivity contribution in [2.75, 3.05) is 5.48 Å². The van der Waals surface area contributed by atoms with Gasteiger partial charge in [0, 0.05) is 0 Å². The first kappa shape index (κ1) is 6.70. The molecule has 0 aromatic heterocycles. The van der Waals surface area contributed by atoms with E-state index in [1.807, 2.05) is 0 Å². The first-order chi connectivity index (χ1) is 4.75. The van der Waals surface area contributed by atoms with E-state index in [1.54, 1.807) is 5.48 Å². The Hall–Kier alpha value is -1.42. The Labute approximate surface area is 57.3 Å². The molecule has 0 radical (unpaired) electrons. The smallest absolute Gasteiger partial charge is 0.183 e. The summed E-state index contributed by atoms with van der Waals surface area (Å²) in [6.07, 6.45) is 0. The predicted octanol–water partition coefficient (Wildman–Crippen LogP) is 0.899. The van der Waals surface area contributed by atoms with Gasteiger partial charge in [-0.2, -0.15) is 0 Å². The van der Waals surface area contributed by atoms with Gasteiger partial charge in [0.05, 0.1) is 0 Å². The number of hydrogen-bond donors (Lipinski definition) is 4. The average molecular weight is 141 g/mol. The zero-order valence-electron chi connectivity index (χ0n) is 5.07. The third kappa shape index (κ3) is 0.964. The third-order valence-electron chi connectivity index (χ3n) is 1.14. The monoisotopic (exact) mass is 141 g/mol. The summed E-state index contributed by atoms with van der Waals surface area (Å²) in [5.41, 5.74) is 1.81. The minimum atomic E-state index is -0.356. The lowest BCUT2D eigenvalue weighted by Gasteiger charge is -2.01. The number of benzene rings is 1. The molecule has 0 fully saturated rings. The van der Waals surface area contributed by atoms with Crippen LogP contribution in [0.1, 0.15) is 0 Å². The van der Waals surface area contributed by atoms with Crippen LogP contribution in [0.3, 0.4) is 0 Å². The van der Waals surface area contributed by atoms with Gasteiger partial charge in [0.2, 0.25) is 0 Å². The molecule has 0 saturated carbocycles. The molecular formula is C6H7NO3. The van der Waals surface area contributed by atoms with E-state index in [0.717, 1.165) is 0 Å². The summed E-state index contributed by atoms with van der Waals surface area (Å²) >= 11 is 0. The van der Waals surface area contributed by atoms with Crippen molar-refractivity contribution in [3.63, 3.8) is 0 Å². The average Bonchev–Trinajstić information content (AvgIpc) is 1.95. The highest BCUT2D eigenvalue weighted by Crippen LogP contribution is 2.31. The summed E-state index contributed by atoms with van der Waals surface area (Å²) in [4.78, 5) is 0. The van der Waals surface area contributed by atoms with Gasteiger partial charge in [-0.3, -0.25) is 10.7 Å². The molecule has 1 aromatic carbocycles. The van der Waals surface area contributed by atoms with E-state index in [9.17, 15) is 0 Å². The molecule has 0 spiro atoms. The van der Waals surface area contributed by atoms with Crippen LogP contribution in [-0.2, 0) is 0 Å². The predicted molar refractivity (Wildman–Crippen MR) is 35.2 cm³/mol. The van der Waals surface area contributed by atoms with Crippen LogP contribution in [0, 0.1) is 0 Å². The van der Waals surface area contributed by atoms with E-state index in [0.29, 0.717) is 0 Å². The fraction of sp³-hybridized carbons (Fsp3) is 0. The Bertz CT molecular complexity index is 236. The van der Waals surface area contributed by atoms with Crippen molar-refractivity contribution in [1.82, 2.24) is 0 Å². The van der Waals surface area contributed by atoms with Crippen molar-refractivity contribution in [2.45, 2.75) is 0 Å². The fourth-order valence-electron chi connectivity index (χ4n) is 0.622.